The van der Waals surface area contributed by atoms with Crippen molar-refractivity contribution >= 4 is 11.8 Å². The Kier molecular flexibility index (Phi) is 5.33. The van der Waals surface area contributed by atoms with E-state index in [4.69, 9.17) is 5.11 Å². The van der Waals surface area contributed by atoms with E-state index in [2.05, 4.69) is 31.1 Å². The van der Waals surface area contributed by atoms with Crippen molar-refractivity contribution in [3.63, 3.8) is 0 Å². The van der Waals surface area contributed by atoms with E-state index in [0.29, 0.717) is 23.3 Å². The van der Waals surface area contributed by atoms with E-state index in [-0.39, 0.29) is 5.92 Å². The van der Waals surface area contributed by atoms with Gasteiger partial charge in [-0.2, -0.15) is 0 Å². The number of rotatable bonds is 6. The monoisotopic (exact) mass is 264 g/mol. The molecule has 0 spiro atoms. The first-order valence-electron chi connectivity index (χ1n) is 6.87. The average Bonchev–Trinajstić information content (AvgIpc) is 2.34. The van der Waals surface area contributed by atoms with Crippen LogP contribution in [0.3, 0.4) is 0 Å². The molecule has 0 aliphatic heterocycles. The predicted octanol–water partition coefficient (Wildman–Crippen LogP) is 3.75. The number of nitrogens with zero attached hydrogens (tertiary/aromatic N) is 1. The van der Waals surface area contributed by atoms with Crippen LogP contribution in [0.15, 0.2) is 12.1 Å². The van der Waals surface area contributed by atoms with E-state index < -0.39 is 5.97 Å². The van der Waals surface area contributed by atoms with Crippen molar-refractivity contribution in [2.45, 2.75) is 53.0 Å². The minimum atomic E-state index is -0.912. The summed E-state index contributed by atoms with van der Waals surface area (Å²) in [5.74, 6) is 0.427. The highest BCUT2D eigenvalue weighted by Gasteiger charge is 2.15. The van der Waals surface area contributed by atoms with Gasteiger partial charge in [0.15, 0.2) is 0 Å². The number of nitrogens with one attached hydrogen (secondary N) is 1. The van der Waals surface area contributed by atoms with Gasteiger partial charge in [-0.05, 0) is 30.4 Å². The minimum absolute atomic E-state index is 0.207. The highest BCUT2D eigenvalue weighted by molar-refractivity contribution is 5.88. The Hall–Kier alpha value is -1.58. The maximum absolute atomic E-state index is 11.2. The molecule has 1 unspecified atom stereocenters. The Labute approximate surface area is 115 Å². The molecule has 1 atom stereocenters. The van der Waals surface area contributed by atoms with Crippen molar-refractivity contribution in [3.05, 3.63) is 23.4 Å². The first kappa shape index (κ1) is 15.5. The lowest BCUT2D eigenvalue weighted by atomic mass is 10.0. The average molecular weight is 264 g/mol. The van der Waals surface area contributed by atoms with Crippen molar-refractivity contribution in [2.24, 2.45) is 5.92 Å². The molecule has 2 N–H and O–H groups in total. The Balaban J connectivity index is 3.09. The predicted molar refractivity (Wildman–Crippen MR) is 77.8 cm³/mol. The molecule has 0 saturated carbocycles. The summed E-state index contributed by atoms with van der Waals surface area (Å²) in [6.07, 6.45) is 0.980. The summed E-state index contributed by atoms with van der Waals surface area (Å²) >= 11 is 0. The fourth-order valence-electron chi connectivity index (χ4n) is 1.98. The van der Waals surface area contributed by atoms with E-state index in [1.54, 1.807) is 12.1 Å². The molecular formula is C15H24N2O2. The summed E-state index contributed by atoms with van der Waals surface area (Å²) in [6, 6.07) is 3.56. The van der Waals surface area contributed by atoms with E-state index >= 15 is 0 Å². The van der Waals surface area contributed by atoms with E-state index in [0.717, 1.165) is 12.1 Å². The van der Waals surface area contributed by atoms with Crippen molar-refractivity contribution in [1.82, 2.24) is 4.98 Å². The van der Waals surface area contributed by atoms with Crippen LogP contribution in [0.25, 0.3) is 0 Å². The summed E-state index contributed by atoms with van der Waals surface area (Å²) in [6.45, 7) is 10.4. The number of hydrogen-bond acceptors (Lipinski definition) is 3. The zero-order valence-corrected chi connectivity index (χ0v) is 12.4. The topological polar surface area (TPSA) is 62.2 Å². The summed E-state index contributed by atoms with van der Waals surface area (Å²) in [7, 11) is 0. The summed E-state index contributed by atoms with van der Waals surface area (Å²) in [5.41, 5.74) is 1.10. The van der Waals surface area contributed by atoms with E-state index in [1.165, 1.54) is 0 Å². The molecule has 0 amide bonds. The van der Waals surface area contributed by atoms with Crippen molar-refractivity contribution in [1.29, 1.82) is 0 Å². The maximum Gasteiger partial charge on any atom is 0.335 e. The molecule has 4 nitrogen and oxygen atoms in total. The normalized spacial score (nSPS) is 12.8. The molecule has 0 aliphatic carbocycles. The van der Waals surface area contributed by atoms with Gasteiger partial charge in [0.25, 0.3) is 0 Å². The van der Waals surface area contributed by atoms with Crippen LogP contribution in [-0.4, -0.2) is 22.1 Å². The number of carboxylic acids is 1. The van der Waals surface area contributed by atoms with Crippen LogP contribution >= 0.6 is 0 Å². The Morgan fingerprint density at radius 2 is 1.95 bits per heavy atom. The van der Waals surface area contributed by atoms with E-state index in [9.17, 15) is 4.79 Å². The lowest BCUT2D eigenvalue weighted by Gasteiger charge is -2.22. The second-order valence-electron chi connectivity index (χ2n) is 5.53. The third kappa shape index (κ3) is 4.23. The fraction of sp³-hybridized carbons (Fsp3) is 0.600. The van der Waals surface area contributed by atoms with Gasteiger partial charge in [0.1, 0.15) is 5.82 Å². The standard InChI is InChI=1S/C15H24N2O2/c1-6-12(9(2)3)16-14-8-11(15(18)19)7-13(17-14)10(4)5/h7-10,12H,6H2,1-5H3,(H,16,17)(H,18,19). The van der Waals surface area contributed by atoms with Crippen LogP contribution in [0.5, 0.6) is 0 Å². The zero-order valence-electron chi connectivity index (χ0n) is 12.4. The van der Waals surface area contributed by atoms with Crippen LogP contribution in [0, 0.1) is 5.92 Å². The maximum atomic E-state index is 11.2. The molecule has 0 saturated heterocycles. The first-order valence-corrected chi connectivity index (χ1v) is 6.87. The molecule has 0 aliphatic rings. The molecule has 1 aromatic rings. The third-order valence-electron chi connectivity index (χ3n) is 3.26. The number of aromatic nitrogens is 1. The van der Waals surface area contributed by atoms with Gasteiger partial charge in [-0.3, -0.25) is 0 Å². The summed E-state index contributed by atoms with van der Waals surface area (Å²) < 4.78 is 0. The van der Waals surface area contributed by atoms with Gasteiger partial charge in [-0.15, -0.1) is 0 Å². The van der Waals surface area contributed by atoms with Gasteiger partial charge in [0.05, 0.1) is 5.56 Å². The smallest absolute Gasteiger partial charge is 0.335 e. The second kappa shape index (κ2) is 6.55. The quantitative estimate of drug-likeness (QED) is 0.821. The van der Waals surface area contributed by atoms with Crippen LogP contribution in [0.4, 0.5) is 5.82 Å². The number of pyridine rings is 1. The van der Waals surface area contributed by atoms with Gasteiger partial charge < -0.3 is 10.4 Å². The Bertz CT molecular complexity index is 442. The Morgan fingerprint density at radius 1 is 1.32 bits per heavy atom. The molecule has 0 aromatic carbocycles. The van der Waals surface area contributed by atoms with E-state index in [1.807, 2.05) is 13.8 Å². The van der Waals surface area contributed by atoms with Gasteiger partial charge in [0.2, 0.25) is 0 Å². The number of carboxylic acid groups (broad SMARTS) is 1. The lowest BCUT2D eigenvalue weighted by Crippen LogP contribution is -2.25. The molecule has 1 rings (SSSR count). The van der Waals surface area contributed by atoms with Crippen molar-refractivity contribution in [3.8, 4) is 0 Å². The van der Waals surface area contributed by atoms with Gasteiger partial charge in [-0.1, -0.05) is 34.6 Å². The molecule has 1 heterocycles. The lowest BCUT2D eigenvalue weighted by molar-refractivity contribution is 0.0696. The number of anilines is 1. The van der Waals surface area contributed by atoms with Gasteiger partial charge >= 0.3 is 5.97 Å². The van der Waals surface area contributed by atoms with Crippen molar-refractivity contribution in [2.75, 3.05) is 5.32 Å². The van der Waals surface area contributed by atoms with Crippen LogP contribution in [-0.2, 0) is 0 Å². The summed E-state index contributed by atoms with van der Waals surface area (Å²) in [4.78, 5) is 15.7. The molecule has 0 radical (unpaired) electrons. The molecule has 0 fully saturated rings. The van der Waals surface area contributed by atoms with Crippen LogP contribution < -0.4 is 5.32 Å². The SMILES string of the molecule is CCC(Nc1cc(C(=O)O)cc(C(C)C)n1)C(C)C. The highest BCUT2D eigenvalue weighted by Crippen LogP contribution is 2.20. The summed E-state index contributed by atoms with van der Waals surface area (Å²) in [5, 5.41) is 12.5. The molecule has 19 heavy (non-hydrogen) atoms. The van der Waals surface area contributed by atoms with Gasteiger partial charge in [0, 0.05) is 11.7 Å². The molecule has 0 bridgehead atoms. The number of aromatic carboxylic acids is 1. The molecule has 1 aromatic heterocycles. The van der Waals surface area contributed by atoms with Crippen LogP contribution in [0.1, 0.15) is 63.0 Å². The second-order valence-corrected chi connectivity index (χ2v) is 5.53. The Morgan fingerprint density at radius 3 is 2.37 bits per heavy atom. The molecule has 4 heteroatoms. The van der Waals surface area contributed by atoms with Crippen LogP contribution in [0.2, 0.25) is 0 Å². The number of hydrogen-bond donors (Lipinski definition) is 2. The largest absolute Gasteiger partial charge is 0.478 e. The zero-order chi connectivity index (χ0) is 14.6. The third-order valence-corrected chi connectivity index (χ3v) is 3.26. The van der Waals surface area contributed by atoms with Gasteiger partial charge in [-0.25, -0.2) is 9.78 Å². The fourth-order valence-corrected chi connectivity index (χ4v) is 1.98. The molecule has 106 valence electrons. The molecular weight excluding hydrogens is 240 g/mol. The van der Waals surface area contributed by atoms with Crippen molar-refractivity contribution < 1.29 is 9.90 Å². The first-order chi connectivity index (χ1) is 8.85. The highest BCUT2D eigenvalue weighted by atomic mass is 16.4. The minimum Gasteiger partial charge on any atom is -0.478 e. The number of carbonyl (C=O) groups is 1.